The number of alkyl halides is 3. The lowest BCUT2D eigenvalue weighted by atomic mass is 9.95. The van der Waals surface area contributed by atoms with Crippen LogP contribution in [0.5, 0.6) is 0 Å². The summed E-state index contributed by atoms with van der Waals surface area (Å²) in [7, 11) is 1.73. The second-order valence-corrected chi connectivity index (χ2v) is 8.02. The molecule has 0 N–H and O–H groups in total. The van der Waals surface area contributed by atoms with E-state index in [2.05, 4.69) is 14.9 Å². The molecule has 1 aliphatic heterocycles. The van der Waals surface area contributed by atoms with Crippen LogP contribution in [0.3, 0.4) is 0 Å². The van der Waals surface area contributed by atoms with Crippen molar-refractivity contribution < 1.29 is 22.4 Å². The molecular weight excluding hydrogens is 424 g/mol. The van der Waals surface area contributed by atoms with E-state index in [9.17, 15) is 22.4 Å². The van der Waals surface area contributed by atoms with Gasteiger partial charge in [0.2, 0.25) is 0 Å². The van der Waals surface area contributed by atoms with Crippen LogP contribution in [0.1, 0.15) is 28.9 Å². The molecule has 1 aromatic carbocycles. The number of fused-ring (bicyclic) bond motifs is 1. The summed E-state index contributed by atoms with van der Waals surface area (Å²) >= 11 is 0. The smallest absolute Gasteiger partial charge is 0.356 e. The van der Waals surface area contributed by atoms with Crippen molar-refractivity contribution >= 4 is 22.6 Å². The van der Waals surface area contributed by atoms with Crippen LogP contribution in [0.2, 0.25) is 0 Å². The average Bonchev–Trinajstić information content (AvgIpc) is 2.78. The molecule has 9 heteroatoms. The van der Waals surface area contributed by atoms with E-state index in [1.165, 1.54) is 42.6 Å². The van der Waals surface area contributed by atoms with Crippen molar-refractivity contribution in [1.82, 2.24) is 14.9 Å². The van der Waals surface area contributed by atoms with Crippen LogP contribution in [-0.2, 0) is 6.18 Å². The third kappa shape index (κ3) is 4.66. The molecule has 168 valence electrons. The summed E-state index contributed by atoms with van der Waals surface area (Å²) < 4.78 is 52.0. The lowest BCUT2D eigenvalue weighted by Crippen LogP contribution is -2.39. The van der Waals surface area contributed by atoms with Crippen molar-refractivity contribution in [1.29, 1.82) is 0 Å². The Bertz CT molecular complexity index is 1110. The summed E-state index contributed by atoms with van der Waals surface area (Å²) in [4.78, 5) is 24.4. The zero-order valence-electron chi connectivity index (χ0n) is 17.4. The number of hydrogen-bond acceptors (Lipinski definition) is 4. The highest BCUT2D eigenvalue weighted by Gasteiger charge is 2.33. The highest BCUT2D eigenvalue weighted by Crippen LogP contribution is 2.32. The number of amides is 1. The van der Waals surface area contributed by atoms with Gasteiger partial charge in [-0.15, -0.1) is 0 Å². The van der Waals surface area contributed by atoms with Crippen molar-refractivity contribution in [3.05, 3.63) is 65.7 Å². The van der Waals surface area contributed by atoms with E-state index in [0.717, 1.165) is 18.9 Å². The Morgan fingerprint density at radius 3 is 2.44 bits per heavy atom. The van der Waals surface area contributed by atoms with Gasteiger partial charge in [0.1, 0.15) is 17.3 Å². The van der Waals surface area contributed by atoms with Crippen LogP contribution in [0, 0.1) is 11.7 Å². The minimum atomic E-state index is -4.49. The molecule has 0 aliphatic carbocycles. The van der Waals surface area contributed by atoms with Crippen LogP contribution in [-0.4, -0.2) is 47.5 Å². The van der Waals surface area contributed by atoms with Gasteiger partial charge in [0.25, 0.3) is 5.91 Å². The Labute approximate surface area is 182 Å². The lowest BCUT2D eigenvalue weighted by Gasteiger charge is -2.35. The SMILES string of the molecule is CN(CC1CCN(c2nccc3nc(C(F)(F)F)ccc23)CC1)C(=O)c1ccc(F)cc1. The molecule has 0 spiro atoms. The molecule has 0 radical (unpaired) electrons. The van der Waals surface area contributed by atoms with Crippen LogP contribution >= 0.6 is 0 Å². The number of aromatic nitrogens is 2. The van der Waals surface area contributed by atoms with Gasteiger partial charge < -0.3 is 9.80 Å². The van der Waals surface area contributed by atoms with Gasteiger partial charge in [-0.25, -0.2) is 14.4 Å². The van der Waals surface area contributed by atoms with Crippen molar-refractivity contribution in [3.63, 3.8) is 0 Å². The Kier molecular flexibility index (Phi) is 5.99. The number of piperidine rings is 1. The summed E-state index contributed by atoms with van der Waals surface area (Å²) in [6.45, 7) is 1.93. The first-order valence-electron chi connectivity index (χ1n) is 10.3. The Morgan fingerprint density at radius 2 is 1.78 bits per heavy atom. The molecule has 3 aromatic rings. The molecule has 0 unspecified atom stereocenters. The molecule has 4 rings (SSSR count). The fraction of sp³-hybridized carbons (Fsp3) is 0.348. The topological polar surface area (TPSA) is 49.3 Å². The number of rotatable bonds is 4. The van der Waals surface area contributed by atoms with E-state index < -0.39 is 11.9 Å². The van der Waals surface area contributed by atoms with E-state index in [-0.39, 0.29) is 23.2 Å². The largest absolute Gasteiger partial charge is 0.433 e. The van der Waals surface area contributed by atoms with E-state index in [4.69, 9.17) is 0 Å². The summed E-state index contributed by atoms with van der Waals surface area (Å²) in [6.07, 6.45) is -1.39. The maximum absolute atomic E-state index is 13.1. The molecule has 1 saturated heterocycles. The normalized spacial score (nSPS) is 15.2. The van der Waals surface area contributed by atoms with Crippen molar-refractivity contribution in [2.24, 2.45) is 5.92 Å². The van der Waals surface area contributed by atoms with Crippen molar-refractivity contribution in [2.45, 2.75) is 19.0 Å². The summed E-state index contributed by atoms with van der Waals surface area (Å²) in [5, 5.41) is 0.586. The van der Waals surface area contributed by atoms with Gasteiger partial charge >= 0.3 is 6.18 Å². The second-order valence-electron chi connectivity index (χ2n) is 8.02. The fourth-order valence-corrected chi connectivity index (χ4v) is 4.06. The lowest BCUT2D eigenvalue weighted by molar-refractivity contribution is -0.140. The van der Waals surface area contributed by atoms with Gasteiger partial charge in [0.05, 0.1) is 5.52 Å². The molecule has 5 nitrogen and oxygen atoms in total. The molecule has 1 aliphatic rings. The quantitative estimate of drug-likeness (QED) is 0.542. The van der Waals surface area contributed by atoms with E-state index in [1.807, 2.05) is 0 Å². The highest BCUT2D eigenvalue weighted by atomic mass is 19.4. The Hall–Kier alpha value is -3.23. The fourth-order valence-electron chi connectivity index (χ4n) is 4.06. The number of nitrogens with zero attached hydrogens (tertiary/aromatic N) is 4. The standard InChI is InChI=1S/C23H22F4N4O/c1-30(22(32)16-2-4-17(24)5-3-16)14-15-9-12-31(13-10-15)21-18-6-7-20(23(25,26)27)29-19(18)8-11-28-21/h2-8,11,15H,9-10,12-14H2,1H3. The maximum atomic E-state index is 13.1. The molecule has 1 fully saturated rings. The monoisotopic (exact) mass is 446 g/mol. The molecule has 32 heavy (non-hydrogen) atoms. The Morgan fingerprint density at radius 1 is 1.09 bits per heavy atom. The zero-order chi connectivity index (χ0) is 22.9. The first-order chi connectivity index (χ1) is 15.2. The molecular formula is C23H22F4N4O. The summed E-state index contributed by atoms with van der Waals surface area (Å²) in [5.74, 6) is 0.363. The van der Waals surface area contributed by atoms with Gasteiger partial charge in [-0.3, -0.25) is 4.79 Å². The van der Waals surface area contributed by atoms with Gasteiger partial charge in [0.15, 0.2) is 0 Å². The number of anilines is 1. The van der Waals surface area contributed by atoms with Gasteiger partial charge in [0, 0.05) is 43.8 Å². The molecule has 3 heterocycles. The predicted molar refractivity (Wildman–Crippen MR) is 113 cm³/mol. The number of halogens is 4. The number of benzene rings is 1. The first kappa shape index (κ1) is 22.0. The third-order valence-electron chi connectivity index (χ3n) is 5.77. The van der Waals surface area contributed by atoms with Crippen LogP contribution in [0.4, 0.5) is 23.4 Å². The predicted octanol–water partition coefficient (Wildman–Crippen LogP) is 4.78. The molecule has 1 amide bonds. The van der Waals surface area contributed by atoms with Crippen LogP contribution in [0.25, 0.3) is 10.9 Å². The van der Waals surface area contributed by atoms with Crippen LogP contribution < -0.4 is 4.90 Å². The summed E-state index contributed by atoms with van der Waals surface area (Å²) in [5.41, 5.74) is -0.219. The number of carbonyl (C=O) groups excluding carboxylic acids is 1. The molecule has 0 bridgehead atoms. The van der Waals surface area contributed by atoms with Crippen molar-refractivity contribution in [3.8, 4) is 0 Å². The maximum Gasteiger partial charge on any atom is 0.433 e. The van der Waals surface area contributed by atoms with Gasteiger partial charge in [-0.2, -0.15) is 13.2 Å². The number of hydrogen-bond donors (Lipinski definition) is 0. The van der Waals surface area contributed by atoms with E-state index in [0.29, 0.717) is 36.4 Å². The number of pyridine rings is 2. The second kappa shape index (κ2) is 8.72. The van der Waals surface area contributed by atoms with Gasteiger partial charge in [-0.05, 0) is 61.2 Å². The molecule has 0 atom stereocenters. The van der Waals surface area contributed by atoms with Crippen molar-refractivity contribution in [2.75, 3.05) is 31.6 Å². The van der Waals surface area contributed by atoms with E-state index in [1.54, 1.807) is 11.9 Å². The molecule has 0 saturated carbocycles. The average molecular weight is 446 g/mol. The zero-order valence-corrected chi connectivity index (χ0v) is 17.4. The minimum absolute atomic E-state index is 0.158. The third-order valence-corrected chi connectivity index (χ3v) is 5.77. The van der Waals surface area contributed by atoms with Crippen LogP contribution in [0.15, 0.2) is 48.7 Å². The number of carbonyl (C=O) groups is 1. The van der Waals surface area contributed by atoms with E-state index >= 15 is 0 Å². The Balaban J connectivity index is 1.41. The summed E-state index contributed by atoms with van der Waals surface area (Å²) in [6, 6.07) is 9.37. The highest BCUT2D eigenvalue weighted by molar-refractivity contribution is 5.94. The van der Waals surface area contributed by atoms with Gasteiger partial charge in [-0.1, -0.05) is 0 Å². The first-order valence-corrected chi connectivity index (χ1v) is 10.3. The molecule has 2 aromatic heterocycles. The minimum Gasteiger partial charge on any atom is -0.356 e.